The summed E-state index contributed by atoms with van der Waals surface area (Å²) in [6.07, 6.45) is 0. The molecule has 0 saturated heterocycles. The standard InChI is InChI=1S/C12H8ClF2IN2O2S/c13-6-3-9(17)12(15)11(4-6)21(19,20)18-10-2-1-7(14)5-8(10)16/h1-5,18H,17H2. The van der Waals surface area contributed by atoms with Crippen molar-refractivity contribution in [2.75, 3.05) is 10.5 Å². The van der Waals surface area contributed by atoms with E-state index in [4.69, 9.17) is 17.3 Å². The van der Waals surface area contributed by atoms with Gasteiger partial charge in [0.05, 0.1) is 11.4 Å². The molecule has 0 fully saturated rings. The van der Waals surface area contributed by atoms with Gasteiger partial charge in [0.1, 0.15) is 10.7 Å². The number of rotatable bonds is 3. The van der Waals surface area contributed by atoms with Gasteiger partial charge >= 0.3 is 0 Å². The average molecular weight is 445 g/mol. The van der Waals surface area contributed by atoms with Gasteiger partial charge < -0.3 is 5.73 Å². The summed E-state index contributed by atoms with van der Waals surface area (Å²) >= 11 is 7.45. The monoisotopic (exact) mass is 444 g/mol. The lowest BCUT2D eigenvalue weighted by Gasteiger charge is -2.11. The summed E-state index contributed by atoms with van der Waals surface area (Å²) in [4.78, 5) is -0.673. The Labute approximate surface area is 138 Å². The predicted molar refractivity (Wildman–Crippen MR) is 85.7 cm³/mol. The third kappa shape index (κ3) is 3.55. The second-order valence-corrected chi connectivity index (χ2v) is 7.29. The molecule has 9 heteroatoms. The summed E-state index contributed by atoms with van der Waals surface area (Å²) in [7, 11) is -4.24. The van der Waals surface area contributed by atoms with Crippen molar-refractivity contribution in [2.45, 2.75) is 4.90 Å². The highest BCUT2D eigenvalue weighted by molar-refractivity contribution is 14.1. The summed E-state index contributed by atoms with van der Waals surface area (Å²) in [6, 6.07) is 5.52. The minimum atomic E-state index is -4.24. The quantitative estimate of drug-likeness (QED) is 0.561. The van der Waals surface area contributed by atoms with Crippen LogP contribution in [0.25, 0.3) is 0 Å². The molecule has 0 radical (unpaired) electrons. The Morgan fingerprint density at radius 2 is 1.86 bits per heavy atom. The molecule has 0 unspecified atom stereocenters. The van der Waals surface area contributed by atoms with E-state index in [0.717, 1.165) is 24.3 Å². The summed E-state index contributed by atoms with van der Waals surface area (Å²) in [5, 5.41) is -0.0110. The Hall–Kier alpha value is -1.13. The summed E-state index contributed by atoms with van der Waals surface area (Å²) in [5.74, 6) is -1.61. The van der Waals surface area contributed by atoms with Crippen LogP contribution >= 0.6 is 34.2 Å². The number of nitrogen functional groups attached to an aromatic ring is 1. The third-order valence-electron chi connectivity index (χ3n) is 2.50. The Bertz CT molecular complexity index is 815. The number of hydrogen-bond acceptors (Lipinski definition) is 3. The maximum atomic E-state index is 13.9. The number of sulfonamides is 1. The normalized spacial score (nSPS) is 11.4. The molecule has 112 valence electrons. The van der Waals surface area contributed by atoms with Crippen molar-refractivity contribution in [1.82, 2.24) is 0 Å². The Balaban J connectivity index is 2.48. The van der Waals surface area contributed by atoms with Crippen molar-refractivity contribution in [2.24, 2.45) is 0 Å². The van der Waals surface area contributed by atoms with Crippen LogP contribution in [0.3, 0.4) is 0 Å². The highest BCUT2D eigenvalue weighted by atomic mass is 127. The van der Waals surface area contributed by atoms with Gasteiger partial charge in [0, 0.05) is 8.59 Å². The van der Waals surface area contributed by atoms with Gasteiger partial charge in [-0.2, -0.15) is 0 Å². The number of hydrogen-bond donors (Lipinski definition) is 2. The molecule has 3 N–H and O–H groups in total. The number of nitrogens with two attached hydrogens (primary N) is 1. The molecule has 0 saturated carbocycles. The summed E-state index contributed by atoms with van der Waals surface area (Å²) in [6.45, 7) is 0. The van der Waals surface area contributed by atoms with Crippen LogP contribution in [0.15, 0.2) is 35.2 Å². The van der Waals surface area contributed by atoms with E-state index >= 15 is 0 Å². The molecule has 0 aliphatic carbocycles. The molecule has 0 aliphatic heterocycles. The second-order valence-electron chi connectivity index (χ2n) is 4.04. The first kappa shape index (κ1) is 16.2. The zero-order valence-electron chi connectivity index (χ0n) is 10.2. The smallest absolute Gasteiger partial charge is 0.264 e. The molecule has 0 bridgehead atoms. The van der Waals surface area contributed by atoms with Crippen LogP contribution in [0.4, 0.5) is 20.2 Å². The van der Waals surface area contributed by atoms with Crippen LogP contribution in [-0.2, 0) is 10.0 Å². The van der Waals surface area contributed by atoms with Gasteiger partial charge in [-0.1, -0.05) is 11.6 Å². The van der Waals surface area contributed by atoms with E-state index in [1.165, 1.54) is 6.07 Å². The predicted octanol–water partition coefficient (Wildman–Crippen LogP) is 3.61. The molecular formula is C12H8ClF2IN2O2S. The maximum absolute atomic E-state index is 13.9. The van der Waals surface area contributed by atoms with Crippen LogP contribution in [0.5, 0.6) is 0 Å². The Morgan fingerprint density at radius 1 is 1.19 bits per heavy atom. The van der Waals surface area contributed by atoms with E-state index in [-0.39, 0.29) is 16.4 Å². The molecule has 4 nitrogen and oxygen atoms in total. The SMILES string of the molecule is Nc1cc(Cl)cc(S(=O)(=O)Nc2ccc(F)cc2I)c1F. The van der Waals surface area contributed by atoms with Crippen molar-refractivity contribution >= 4 is 55.6 Å². The van der Waals surface area contributed by atoms with Crippen LogP contribution < -0.4 is 10.5 Å². The van der Waals surface area contributed by atoms with E-state index in [0.29, 0.717) is 3.57 Å². The Morgan fingerprint density at radius 3 is 2.48 bits per heavy atom. The number of anilines is 2. The summed E-state index contributed by atoms with van der Waals surface area (Å²) in [5.41, 5.74) is 5.10. The van der Waals surface area contributed by atoms with Gasteiger partial charge in [0.2, 0.25) is 0 Å². The van der Waals surface area contributed by atoms with E-state index in [2.05, 4.69) is 4.72 Å². The molecular weight excluding hydrogens is 437 g/mol. The van der Waals surface area contributed by atoms with Crippen molar-refractivity contribution in [3.8, 4) is 0 Å². The summed E-state index contributed by atoms with van der Waals surface area (Å²) < 4.78 is 53.8. The van der Waals surface area contributed by atoms with Gasteiger partial charge in [-0.15, -0.1) is 0 Å². The van der Waals surface area contributed by atoms with Crippen LogP contribution in [-0.4, -0.2) is 8.42 Å². The van der Waals surface area contributed by atoms with Crippen LogP contribution in [0, 0.1) is 15.2 Å². The van der Waals surface area contributed by atoms with Crippen molar-refractivity contribution in [1.29, 1.82) is 0 Å². The van der Waals surface area contributed by atoms with E-state index in [1.807, 2.05) is 0 Å². The van der Waals surface area contributed by atoms with Gasteiger partial charge in [-0.25, -0.2) is 17.2 Å². The molecule has 21 heavy (non-hydrogen) atoms. The lowest BCUT2D eigenvalue weighted by atomic mass is 10.3. The lowest BCUT2D eigenvalue weighted by molar-refractivity contribution is 0.572. The van der Waals surface area contributed by atoms with E-state index < -0.39 is 26.6 Å². The zero-order chi connectivity index (χ0) is 15.8. The Kier molecular flexibility index (Phi) is 4.59. The van der Waals surface area contributed by atoms with Crippen molar-refractivity contribution < 1.29 is 17.2 Å². The highest BCUT2D eigenvalue weighted by Crippen LogP contribution is 2.28. The highest BCUT2D eigenvalue weighted by Gasteiger charge is 2.22. The minimum absolute atomic E-state index is 0.0110. The fraction of sp³-hybridized carbons (Fsp3) is 0. The average Bonchev–Trinajstić information content (AvgIpc) is 2.37. The van der Waals surface area contributed by atoms with Gasteiger partial charge in [0.15, 0.2) is 5.82 Å². The van der Waals surface area contributed by atoms with E-state index in [1.54, 1.807) is 22.6 Å². The molecule has 0 heterocycles. The van der Waals surface area contributed by atoms with Gasteiger partial charge in [-0.3, -0.25) is 4.72 Å². The number of nitrogens with one attached hydrogen (secondary N) is 1. The lowest BCUT2D eigenvalue weighted by Crippen LogP contribution is -2.16. The fourth-order valence-corrected chi connectivity index (χ4v) is 3.85. The topological polar surface area (TPSA) is 72.2 Å². The number of halogens is 4. The molecule has 0 atom stereocenters. The third-order valence-corrected chi connectivity index (χ3v) is 4.97. The van der Waals surface area contributed by atoms with Crippen LogP contribution in [0.1, 0.15) is 0 Å². The van der Waals surface area contributed by atoms with Crippen molar-refractivity contribution in [3.05, 3.63) is 50.6 Å². The van der Waals surface area contributed by atoms with E-state index in [9.17, 15) is 17.2 Å². The molecule has 0 aromatic heterocycles. The second kappa shape index (κ2) is 5.93. The fourth-order valence-electron chi connectivity index (χ4n) is 1.55. The zero-order valence-corrected chi connectivity index (χ0v) is 13.9. The van der Waals surface area contributed by atoms with Gasteiger partial charge in [0.25, 0.3) is 10.0 Å². The maximum Gasteiger partial charge on any atom is 0.264 e. The van der Waals surface area contributed by atoms with Gasteiger partial charge in [-0.05, 0) is 52.9 Å². The molecule has 0 amide bonds. The molecule has 2 aromatic carbocycles. The van der Waals surface area contributed by atoms with Crippen molar-refractivity contribution in [3.63, 3.8) is 0 Å². The molecule has 2 aromatic rings. The largest absolute Gasteiger partial charge is 0.396 e. The first-order valence-electron chi connectivity index (χ1n) is 5.43. The first-order chi connectivity index (χ1) is 9.70. The molecule has 2 rings (SSSR count). The molecule has 0 spiro atoms. The minimum Gasteiger partial charge on any atom is -0.396 e. The first-order valence-corrected chi connectivity index (χ1v) is 8.37. The molecule has 0 aliphatic rings. The number of benzene rings is 2. The van der Waals surface area contributed by atoms with Crippen LogP contribution in [0.2, 0.25) is 5.02 Å².